The summed E-state index contributed by atoms with van der Waals surface area (Å²) in [6.07, 6.45) is 2.90. The molecule has 0 aromatic heterocycles. The van der Waals surface area contributed by atoms with Crippen molar-refractivity contribution in [2.24, 2.45) is 0 Å². The van der Waals surface area contributed by atoms with E-state index in [1.807, 2.05) is 12.1 Å². The van der Waals surface area contributed by atoms with Crippen LogP contribution in [0.3, 0.4) is 0 Å². The van der Waals surface area contributed by atoms with E-state index in [1.165, 1.54) is 6.08 Å². The highest BCUT2D eigenvalue weighted by molar-refractivity contribution is 6.30. The lowest BCUT2D eigenvalue weighted by Gasteiger charge is -1.96. The first-order chi connectivity index (χ1) is 6.27. The topological polar surface area (TPSA) is 47.6 Å². The lowest BCUT2D eigenvalue weighted by atomic mass is 10.1. The van der Waals surface area contributed by atoms with Gasteiger partial charge < -0.3 is 0 Å². The van der Waals surface area contributed by atoms with Crippen molar-refractivity contribution >= 4 is 17.7 Å². The van der Waals surface area contributed by atoms with Crippen LogP contribution < -0.4 is 0 Å². The third kappa shape index (κ3) is 2.33. The van der Waals surface area contributed by atoms with Crippen LogP contribution in [0.5, 0.6) is 0 Å². The van der Waals surface area contributed by atoms with Gasteiger partial charge in [-0.1, -0.05) is 17.7 Å². The summed E-state index contributed by atoms with van der Waals surface area (Å²) in [5.41, 5.74) is 1.17. The number of nitriles is 2. The minimum absolute atomic E-state index is 0.471. The molecule has 0 aliphatic heterocycles. The highest BCUT2D eigenvalue weighted by atomic mass is 35.5. The Morgan fingerprint density at radius 3 is 2.69 bits per heavy atom. The number of hydrogen-bond donors (Lipinski definition) is 0. The number of hydrogen-bond acceptors (Lipinski definition) is 2. The van der Waals surface area contributed by atoms with Crippen molar-refractivity contribution in [1.29, 1.82) is 10.5 Å². The minimum atomic E-state index is 0.471. The zero-order valence-corrected chi connectivity index (χ0v) is 7.42. The predicted molar refractivity (Wildman–Crippen MR) is 50.8 cm³/mol. The molecule has 0 aliphatic carbocycles. The van der Waals surface area contributed by atoms with Crippen molar-refractivity contribution in [1.82, 2.24) is 0 Å². The predicted octanol–water partition coefficient (Wildman–Crippen LogP) is 2.75. The van der Waals surface area contributed by atoms with Crippen LogP contribution >= 0.6 is 11.6 Å². The molecule has 0 radical (unpaired) electrons. The quantitative estimate of drug-likeness (QED) is 0.637. The first kappa shape index (κ1) is 9.32. The molecule has 2 nitrogen and oxygen atoms in total. The standard InChI is InChI=1S/C10H5ClN2/c11-10-4-3-8(2-1-5-12)9(6-10)7-13/h1-4,6H. The Morgan fingerprint density at radius 2 is 2.08 bits per heavy atom. The van der Waals surface area contributed by atoms with Gasteiger partial charge in [0.1, 0.15) is 0 Å². The normalized spacial score (nSPS) is 9.46. The van der Waals surface area contributed by atoms with E-state index in [-0.39, 0.29) is 0 Å². The Morgan fingerprint density at radius 1 is 1.31 bits per heavy atom. The van der Waals surface area contributed by atoms with Crippen LogP contribution in [-0.4, -0.2) is 0 Å². The average molecular weight is 189 g/mol. The smallest absolute Gasteiger partial charge is 0.0998 e. The Balaban J connectivity index is 3.17. The van der Waals surface area contributed by atoms with E-state index in [1.54, 1.807) is 24.3 Å². The maximum atomic E-state index is 8.72. The molecular weight excluding hydrogens is 184 g/mol. The summed E-state index contributed by atoms with van der Waals surface area (Å²) in [7, 11) is 0. The average Bonchev–Trinajstić information content (AvgIpc) is 2.16. The molecule has 0 aliphatic rings. The molecule has 13 heavy (non-hydrogen) atoms. The van der Waals surface area contributed by atoms with Gasteiger partial charge in [-0.2, -0.15) is 10.5 Å². The maximum absolute atomic E-state index is 8.72. The number of nitrogens with zero attached hydrogens (tertiary/aromatic N) is 2. The molecule has 0 amide bonds. The van der Waals surface area contributed by atoms with Gasteiger partial charge in [0, 0.05) is 11.1 Å². The largest absolute Gasteiger partial charge is 0.193 e. The Hall–Kier alpha value is -1.77. The third-order valence-corrected chi connectivity index (χ3v) is 1.71. The molecule has 0 saturated heterocycles. The molecular formula is C10H5ClN2. The SMILES string of the molecule is N#CC=Cc1ccc(Cl)cc1C#N. The van der Waals surface area contributed by atoms with E-state index in [0.717, 1.165) is 0 Å². The fourth-order valence-corrected chi connectivity index (χ4v) is 1.07. The highest BCUT2D eigenvalue weighted by Gasteiger charge is 1.98. The van der Waals surface area contributed by atoms with Crippen LogP contribution in [0.25, 0.3) is 6.08 Å². The van der Waals surface area contributed by atoms with E-state index in [4.69, 9.17) is 22.1 Å². The van der Waals surface area contributed by atoms with E-state index in [2.05, 4.69) is 0 Å². The summed E-state index contributed by atoms with van der Waals surface area (Å²) >= 11 is 5.69. The van der Waals surface area contributed by atoms with Crippen molar-refractivity contribution in [2.45, 2.75) is 0 Å². The van der Waals surface area contributed by atoms with Crippen LogP contribution in [0.2, 0.25) is 5.02 Å². The van der Waals surface area contributed by atoms with Crippen molar-refractivity contribution in [3.63, 3.8) is 0 Å². The van der Waals surface area contributed by atoms with Crippen molar-refractivity contribution in [2.75, 3.05) is 0 Å². The lowest BCUT2D eigenvalue weighted by Crippen LogP contribution is -1.80. The van der Waals surface area contributed by atoms with Gasteiger partial charge in [0.2, 0.25) is 0 Å². The van der Waals surface area contributed by atoms with Gasteiger partial charge in [0.25, 0.3) is 0 Å². The third-order valence-electron chi connectivity index (χ3n) is 1.47. The Labute approximate surface area is 81.3 Å². The number of halogens is 1. The van der Waals surface area contributed by atoms with Crippen molar-refractivity contribution in [3.8, 4) is 12.1 Å². The molecule has 0 atom stereocenters. The molecule has 1 aromatic carbocycles. The van der Waals surface area contributed by atoms with Crippen LogP contribution in [-0.2, 0) is 0 Å². The second kappa shape index (κ2) is 4.30. The van der Waals surface area contributed by atoms with Crippen LogP contribution in [0.15, 0.2) is 24.3 Å². The van der Waals surface area contributed by atoms with Gasteiger partial charge in [-0.25, -0.2) is 0 Å². The second-order valence-electron chi connectivity index (χ2n) is 2.31. The summed E-state index contributed by atoms with van der Waals surface area (Å²) < 4.78 is 0. The van der Waals surface area contributed by atoms with E-state index < -0.39 is 0 Å². The zero-order chi connectivity index (χ0) is 9.68. The van der Waals surface area contributed by atoms with Gasteiger partial charge in [-0.15, -0.1) is 0 Å². The number of benzene rings is 1. The molecule has 3 heteroatoms. The molecule has 0 saturated carbocycles. The summed E-state index contributed by atoms with van der Waals surface area (Å²) in [5.74, 6) is 0. The van der Waals surface area contributed by atoms with Crippen molar-refractivity contribution < 1.29 is 0 Å². The molecule has 0 fully saturated rings. The molecule has 0 unspecified atom stereocenters. The molecule has 1 aromatic rings. The number of allylic oxidation sites excluding steroid dienone is 1. The summed E-state index contributed by atoms with van der Waals surface area (Å²) in [5, 5.41) is 17.5. The molecule has 0 N–H and O–H groups in total. The van der Waals surface area contributed by atoms with Crippen molar-refractivity contribution in [3.05, 3.63) is 40.4 Å². The first-order valence-electron chi connectivity index (χ1n) is 3.53. The fraction of sp³-hybridized carbons (Fsp3) is 0. The summed E-state index contributed by atoms with van der Waals surface area (Å²) in [6, 6.07) is 8.81. The van der Waals surface area contributed by atoms with Gasteiger partial charge in [-0.05, 0) is 23.8 Å². The number of rotatable bonds is 1. The van der Waals surface area contributed by atoms with Crippen LogP contribution in [0.4, 0.5) is 0 Å². The van der Waals surface area contributed by atoms with Crippen LogP contribution in [0.1, 0.15) is 11.1 Å². The van der Waals surface area contributed by atoms with Crippen LogP contribution in [0, 0.1) is 22.7 Å². The Bertz CT molecular complexity index is 422. The molecule has 0 heterocycles. The van der Waals surface area contributed by atoms with Gasteiger partial charge in [-0.3, -0.25) is 0 Å². The fourth-order valence-electron chi connectivity index (χ4n) is 0.898. The highest BCUT2D eigenvalue weighted by Crippen LogP contribution is 2.16. The molecule has 1 rings (SSSR count). The monoisotopic (exact) mass is 188 g/mol. The van der Waals surface area contributed by atoms with Gasteiger partial charge in [0.15, 0.2) is 0 Å². The minimum Gasteiger partial charge on any atom is -0.193 e. The summed E-state index contributed by atoms with van der Waals surface area (Å²) in [4.78, 5) is 0. The second-order valence-corrected chi connectivity index (χ2v) is 2.74. The zero-order valence-electron chi connectivity index (χ0n) is 6.66. The Kier molecular flexibility index (Phi) is 3.09. The van der Waals surface area contributed by atoms with E-state index >= 15 is 0 Å². The lowest BCUT2D eigenvalue weighted by molar-refractivity contribution is 1.47. The molecule has 0 bridgehead atoms. The molecule has 62 valence electrons. The maximum Gasteiger partial charge on any atom is 0.0998 e. The first-order valence-corrected chi connectivity index (χ1v) is 3.91. The summed E-state index contributed by atoms with van der Waals surface area (Å²) in [6.45, 7) is 0. The van der Waals surface area contributed by atoms with E-state index in [0.29, 0.717) is 16.1 Å². The molecule has 0 spiro atoms. The van der Waals surface area contributed by atoms with Gasteiger partial charge >= 0.3 is 0 Å². The van der Waals surface area contributed by atoms with E-state index in [9.17, 15) is 0 Å². The van der Waals surface area contributed by atoms with Gasteiger partial charge in [0.05, 0.1) is 17.7 Å².